The Bertz CT molecular complexity index is 1200. The molecule has 7 nitrogen and oxygen atoms in total. The Labute approximate surface area is 174 Å². The molecular formula is C22H25FN6O. The third-order valence-electron chi connectivity index (χ3n) is 4.67. The summed E-state index contributed by atoms with van der Waals surface area (Å²) in [6, 6.07) is 4.82. The molecule has 4 aromatic rings. The van der Waals surface area contributed by atoms with Gasteiger partial charge in [-0.2, -0.15) is 5.10 Å². The number of ether oxygens (including phenoxy) is 1. The number of aryl methyl sites for hydroxylation is 2. The van der Waals surface area contributed by atoms with E-state index < -0.39 is 5.82 Å². The Morgan fingerprint density at radius 3 is 2.77 bits per heavy atom. The van der Waals surface area contributed by atoms with Crippen LogP contribution in [0.4, 0.5) is 4.39 Å². The zero-order valence-electron chi connectivity index (χ0n) is 17.6. The lowest BCUT2D eigenvalue weighted by molar-refractivity contribution is 0.296. The highest BCUT2D eigenvalue weighted by Crippen LogP contribution is 2.30. The third kappa shape index (κ3) is 4.04. The van der Waals surface area contributed by atoms with Crippen LogP contribution >= 0.6 is 0 Å². The molecule has 0 bridgehead atoms. The van der Waals surface area contributed by atoms with E-state index in [1.54, 1.807) is 12.3 Å². The van der Waals surface area contributed by atoms with Crippen molar-refractivity contribution in [3.63, 3.8) is 0 Å². The lowest BCUT2D eigenvalue weighted by atomic mass is 10.1. The van der Waals surface area contributed by atoms with Crippen molar-refractivity contribution in [2.24, 2.45) is 5.73 Å². The fourth-order valence-electron chi connectivity index (χ4n) is 3.47. The standard InChI is InChI=1S/C22H25FN6O/c1-14-8-19(30-12-18-17(23)6-5-7-25-18)21-27-15(2)20(29(21)10-14)16-9-26-28(11-16)13-22(3,4)24/h5-11H,12-13,24H2,1-4H3. The number of nitrogens with two attached hydrogens (primary N) is 1. The molecule has 2 N–H and O–H groups in total. The zero-order valence-corrected chi connectivity index (χ0v) is 17.6. The number of hydrogen-bond acceptors (Lipinski definition) is 5. The lowest BCUT2D eigenvalue weighted by Crippen LogP contribution is -2.37. The molecule has 0 fully saturated rings. The predicted octanol–water partition coefficient (Wildman–Crippen LogP) is 3.67. The summed E-state index contributed by atoms with van der Waals surface area (Å²) < 4.78 is 23.7. The van der Waals surface area contributed by atoms with Crippen LogP contribution in [0.5, 0.6) is 5.75 Å². The molecule has 0 aliphatic heterocycles. The number of hydrogen-bond donors (Lipinski definition) is 1. The molecule has 0 unspecified atom stereocenters. The molecule has 8 heteroatoms. The Kier molecular flexibility index (Phi) is 5.03. The van der Waals surface area contributed by atoms with Crippen molar-refractivity contribution < 1.29 is 9.13 Å². The second kappa shape index (κ2) is 7.53. The van der Waals surface area contributed by atoms with Gasteiger partial charge < -0.3 is 10.5 Å². The molecule has 0 spiro atoms. The third-order valence-corrected chi connectivity index (χ3v) is 4.67. The van der Waals surface area contributed by atoms with E-state index >= 15 is 0 Å². The minimum atomic E-state index is -0.392. The number of rotatable bonds is 6. The minimum absolute atomic E-state index is 0.0243. The van der Waals surface area contributed by atoms with Gasteiger partial charge in [0.15, 0.2) is 11.4 Å². The van der Waals surface area contributed by atoms with Crippen LogP contribution in [0.2, 0.25) is 0 Å². The molecule has 30 heavy (non-hydrogen) atoms. The average molecular weight is 408 g/mol. The number of nitrogens with zero attached hydrogens (tertiary/aromatic N) is 5. The summed E-state index contributed by atoms with van der Waals surface area (Å²) in [5.74, 6) is 0.182. The number of pyridine rings is 2. The van der Waals surface area contributed by atoms with Gasteiger partial charge in [0.1, 0.15) is 18.1 Å². The van der Waals surface area contributed by atoms with Crippen LogP contribution in [-0.4, -0.2) is 29.7 Å². The fourth-order valence-corrected chi connectivity index (χ4v) is 3.47. The topological polar surface area (TPSA) is 83.3 Å². The molecule has 0 amide bonds. The van der Waals surface area contributed by atoms with Crippen molar-refractivity contribution in [3.05, 3.63) is 65.8 Å². The fraction of sp³-hybridized carbons (Fsp3) is 0.318. The molecule has 0 aliphatic carbocycles. The Morgan fingerprint density at radius 2 is 2.03 bits per heavy atom. The van der Waals surface area contributed by atoms with Gasteiger partial charge in [0.25, 0.3) is 0 Å². The summed E-state index contributed by atoms with van der Waals surface area (Å²) >= 11 is 0. The SMILES string of the molecule is Cc1cc(OCc2ncccc2F)c2nc(C)c(-c3cnn(CC(C)(C)N)c3)n2c1. The molecular weight excluding hydrogens is 383 g/mol. The van der Waals surface area contributed by atoms with Crippen molar-refractivity contribution in [3.8, 4) is 17.0 Å². The van der Waals surface area contributed by atoms with E-state index in [9.17, 15) is 4.39 Å². The highest BCUT2D eigenvalue weighted by molar-refractivity contribution is 5.69. The maximum absolute atomic E-state index is 13.9. The molecule has 4 aromatic heterocycles. The molecule has 156 valence electrons. The van der Waals surface area contributed by atoms with Gasteiger partial charge >= 0.3 is 0 Å². The van der Waals surface area contributed by atoms with E-state index in [2.05, 4.69) is 10.1 Å². The highest BCUT2D eigenvalue weighted by atomic mass is 19.1. The van der Waals surface area contributed by atoms with Gasteiger partial charge in [-0.25, -0.2) is 9.37 Å². The second-order valence-corrected chi connectivity index (χ2v) is 8.26. The Morgan fingerprint density at radius 1 is 1.23 bits per heavy atom. The molecule has 0 aromatic carbocycles. The van der Waals surface area contributed by atoms with E-state index in [0.717, 1.165) is 22.5 Å². The van der Waals surface area contributed by atoms with E-state index in [1.807, 2.05) is 61.4 Å². The largest absolute Gasteiger partial charge is 0.483 e. The highest BCUT2D eigenvalue weighted by Gasteiger charge is 2.18. The van der Waals surface area contributed by atoms with Crippen LogP contribution in [-0.2, 0) is 13.2 Å². The second-order valence-electron chi connectivity index (χ2n) is 8.26. The van der Waals surface area contributed by atoms with E-state index in [4.69, 9.17) is 15.5 Å². The summed E-state index contributed by atoms with van der Waals surface area (Å²) in [7, 11) is 0. The average Bonchev–Trinajstić information content (AvgIpc) is 3.22. The monoisotopic (exact) mass is 408 g/mol. The number of halogens is 1. The number of imidazole rings is 1. The van der Waals surface area contributed by atoms with Gasteiger partial charge in [-0.1, -0.05) is 0 Å². The maximum atomic E-state index is 13.9. The van der Waals surface area contributed by atoms with Crippen LogP contribution in [0, 0.1) is 19.7 Å². The zero-order chi connectivity index (χ0) is 21.5. The van der Waals surface area contributed by atoms with Gasteiger partial charge in [-0.15, -0.1) is 0 Å². The lowest BCUT2D eigenvalue weighted by Gasteiger charge is -2.17. The smallest absolute Gasteiger partial charge is 0.180 e. The van der Waals surface area contributed by atoms with E-state index in [-0.39, 0.29) is 17.8 Å². The summed E-state index contributed by atoms with van der Waals surface area (Å²) in [5, 5.41) is 4.45. The first-order valence-electron chi connectivity index (χ1n) is 9.74. The molecule has 0 radical (unpaired) electrons. The number of aromatic nitrogens is 5. The number of fused-ring (bicyclic) bond motifs is 1. The summed E-state index contributed by atoms with van der Waals surface area (Å²) in [4.78, 5) is 8.76. The molecule has 4 rings (SSSR count). The summed E-state index contributed by atoms with van der Waals surface area (Å²) in [5.41, 5.74) is 10.4. The van der Waals surface area contributed by atoms with Gasteiger partial charge in [0.2, 0.25) is 0 Å². The van der Waals surface area contributed by atoms with Crippen LogP contribution in [0.1, 0.15) is 30.8 Å². The molecule has 0 aliphatic rings. The van der Waals surface area contributed by atoms with Crippen molar-refractivity contribution in [2.75, 3.05) is 0 Å². The first kappa shape index (κ1) is 20.0. The van der Waals surface area contributed by atoms with Crippen molar-refractivity contribution in [1.29, 1.82) is 0 Å². The minimum Gasteiger partial charge on any atom is -0.483 e. The van der Waals surface area contributed by atoms with E-state index in [0.29, 0.717) is 17.9 Å². The summed E-state index contributed by atoms with van der Waals surface area (Å²) in [6.07, 6.45) is 7.33. The first-order chi connectivity index (χ1) is 14.2. The van der Waals surface area contributed by atoms with Crippen molar-refractivity contribution >= 4 is 5.65 Å². The molecule has 0 saturated carbocycles. The van der Waals surface area contributed by atoms with Crippen LogP contribution in [0.3, 0.4) is 0 Å². The van der Waals surface area contributed by atoms with Gasteiger partial charge in [-0.3, -0.25) is 14.1 Å². The predicted molar refractivity (Wildman–Crippen MR) is 113 cm³/mol. The van der Waals surface area contributed by atoms with Crippen molar-refractivity contribution in [2.45, 2.75) is 46.4 Å². The van der Waals surface area contributed by atoms with E-state index in [1.165, 1.54) is 6.07 Å². The van der Waals surface area contributed by atoms with Gasteiger partial charge in [-0.05, 0) is 51.5 Å². The molecule has 4 heterocycles. The van der Waals surface area contributed by atoms with Crippen LogP contribution in [0.15, 0.2) is 43.0 Å². The van der Waals surface area contributed by atoms with Crippen LogP contribution in [0.25, 0.3) is 16.9 Å². The first-order valence-corrected chi connectivity index (χ1v) is 9.74. The Hall–Kier alpha value is -3.26. The van der Waals surface area contributed by atoms with Crippen LogP contribution < -0.4 is 10.5 Å². The Balaban J connectivity index is 1.71. The maximum Gasteiger partial charge on any atom is 0.180 e. The van der Waals surface area contributed by atoms with Crippen molar-refractivity contribution in [1.82, 2.24) is 24.1 Å². The van der Waals surface area contributed by atoms with Gasteiger partial charge in [0.05, 0.1) is 24.1 Å². The summed E-state index contributed by atoms with van der Waals surface area (Å²) in [6.45, 7) is 8.48. The molecule has 0 saturated heterocycles. The normalized spacial score (nSPS) is 11.9. The van der Waals surface area contributed by atoms with Gasteiger partial charge in [0, 0.05) is 29.7 Å². The quantitative estimate of drug-likeness (QED) is 0.526. The molecule has 0 atom stereocenters.